The molecule has 16 heavy (non-hydrogen) atoms. The molecular weight excluding hydrogens is 215 g/mol. The number of benzene rings is 1. The Hall–Kier alpha value is -1.78. The minimum absolute atomic E-state index is 0.209. The van der Waals surface area contributed by atoms with Crippen LogP contribution in [0.2, 0.25) is 0 Å². The molecule has 0 saturated carbocycles. The number of fused-ring (bicyclic) bond motifs is 1. The van der Waals surface area contributed by atoms with Gasteiger partial charge in [-0.15, -0.1) is 0 Å². The van der Waals surface area contributed by atoms with Crippen molar-refractivity contribution < 1.29 is 23.8 Å². The van der Waals surface area contributed by atoms with Crippen LogP contribution in [0.1, 0.15) is 12.0 Å². The third-order valence-electron chi connectivity index (χ3n) is 2.58. The van der Waals surface area contributed by atoms with Gasteiger partial charge in [-0.3, -0.25) is 0 Å². The van der Waals surface area contributed by atoms with Gasteiger partial charge in [0.1, 0.15) is 5.82 Å². The van der Waals surface area contributed by atoms with Crippen molar-refractivity contribution in [3.8, 4) is 11.5 Å². The summed E-state index contributed by atoms with van der Waals surface area (Å²) in [6, 6.07) is 2.72. The number of aliphatic carboxylic acids is 1. The maximum Gasteiger partial charge on any atom is 0.344 e. The Morgan fingerprint density at radius 2 is 2.38 bits per heavy atom. The number of ether oxygens (including phenoxy) is 2. The monoisotopic (exact) mass is 226 g/mol. The fourth-order valence-corrected chi connectivity index (χ4v) is 1.76. The van der Waals surface area contributed by atoms with Crippen LogP contribution >= 0.6 is 0 Å². The molecule has 4 nitrogen and oxygen atoms in total. The predicted molar refractivity (Wildman–Crippen MR) is 53.3 cm³/mol. The number of carboxylic acids is 1. The third kappa shape index (κ3) is 1.68. The van der Waals surface area contributed by atoms with Crippen molar-refractivity contribution in [3.05, 3.63) is 23.5 Å². The lowest BCUT2D eigenvalue weighted by Gasteiger charge is -2.24. The number of methoxy groups -OCH3 is 1. The first-order valence-electron chi connectivity index (χ1n) is 4.88. The molecule has 0 aromatic heterocycles. The van der Waals surface area contributed by atoms with Gasteiger partial charge >= 0.3 is 5.97 Å². The normalized spacial score (nSPS) is 18.5. The number of rotatable bonds is 2. The second-order valence-electron chi connectivity index (χ2n) is 3.54. The SMILES string of the molecule is COc1ccc(F)c2c1OC(C(=O)O)CC2. The summed E-state index contributed by atoms with van der Waals surface area (Å²) < 4.78 is 23.7. The van der Waals surface area contributed by atoms with E-state index in [4.69, 9.17) is 14.6 Å². The molecule has 0 spiro atoms. The lowest BCUT2D eigenvalue weighted by atomic mass is 10.0. The molecule has 1 atom stereocenters. The van der Waals surface area contributed by atoms with Crippen LogP contribution in [0.15, 0.2) is 12.1 Å². The zero-order valence-electron chi connectivity index (χ0n) is 8.70. The van der Waals surface area contributed by atoms with Gasteiger partial charge in [-0.05, 0) is 25.0 Å². The van der Waals surface area contributed by atoms with Gasteiger partial charge in [-0.1, -0.05) is 0 Å². The lowest BCUT2D eigenvalue weighted by Crippen LogP contribution is -2.31. The van der Waals surface area contributed by atoms with Crippen molar-refractivity contribution in [2.75, 3.05) is 7.11 Å². The summed E-state index contributed by atoms with van der Waals surface area (Å²) in [5.41, 5.74) is 0.386. The maximum atomic E-state index is 13.4. The number of carboxylic acid groups (broad SMARTS) is 1. The van der Waals surface area contributed by atoms with Gasteiger partial charge < -0.3 is 14.6 Å². The number of hydrogen-bond donors (Lipinski definition) is 1. The summed E-state index contributed by atoms with van der Waals surface area (Å²) in [5.74, 6) is -0.861. The van der Waals surface area contributed by atoms with Crippen LogP contribution in [0.4, 0.5) is 4.39 Å². The first kappa shape index (κ1) is 10.7. The molecule has 0 radical (unpaired) electrons. The summed E-state index contributed by atoms with van der Waals surface area (Å²) in [5, 5.41) is 8.84. The highest BCUT2D eigenvalue weighted by Crippen LogP contribution is 2.38. The molecule has 2 rings (SSSR count). The molecule has 5 heteroatoms. The van der Waals surface area contributed by atoms with E-state index in [2.05, 4.69) is 0 Å². The first-order valence-corrected chi connectivity index (χ1v) is 4.88. The second-order valence-corrected chi connectivity index (χ2v) is 3.54. The van der Waals surface area contributed by atoms with E-state index in [0.717, 1.165) is 0 Å². The zero-order valence-corrected chi connectivity index (χ0v) is 8.70. The summed E-state index contributed by atoms with van der Waals surface area (Å²) in [6.07, 6.45) is -0.315. The Labute approximate surface area is 91.6 Å². The number of halogens is 1. The topological polar surface area (TPSA) is 55.8 Å². The van der Waals surface area contributed by atoms with Gasteiger partial charge in [0.15, 0.2) is 17.6 Å². The van der Waals surface area contributed by atoms with Crippen molar-refractivity contribution in [1.29, 1.82) is 0 Å². The van der Waals surface area contributed by atoms with Crippen LogP contribution in [0, 0.1) is 5.82 Å². The largest absolute Gasteiger partial charge is 0.493 e. The number of carbonyl (C=O) groups is 1. The van der Waals surface area contributed by atoms with Crippen molar-refractivity contribution in [2.45, 2.75) is 18.9 Å². The Morgan fingerprint density at radius 3 is 3.00 bits per heavy atom. The molecule has 1 aromatic rings. The van der Waals surface area contributed by atoms with Crippen LogP contribution in [0.5, 0.6) is 11.5 Å². The van der Waals surface area contributed by atoms with Crippen molar-refractivity contribution >= 4 is 5.97 Å². The van der Waals surface area contributed by atoms with E-state index < -0.39 is 12.1 Å². The van der Waals surface area contributed by atoms with Crippen LogP contribution in [0.25, 0.3) is 0 Å². The highest BCUT2D eigenvalue weighted by Gasteiger charge is 2.29. The summed E-state index contributed by atoms with van der Waals surface area (Å²) in [4.78, 5) is 10.8. The van der Waals surface area contributed by atoms with E-state index in [-0.39, 0.29) is 18.0 Å². The quantitative estimate of drug-likeness (QED) is 0.832. The maximum absolute atomic E-state index is 13.4. The van der Waals surface area contributed by atoms with Crippen LogP contribution in [-0.4, -0.2) is 24.3 Å². The fourth-order valence-electron chi connectivity index (χ4n) is 1.76. The zero-order chi connectivity index (χ0) is 11.7. The first-order chi connectivity index (χ1) is 7.63. The van der Waals surface area contributed by atoms with Gasteiger partial charge in [-0.2, -0.15) is 0 Å². The van der Waals surface area contributed by atoms with E-state index >= 15 is 0 Å². The second kappa shape index (κ2) is 4.00. The van der Waals surface area contributed by atoms with Crippen molar-refractivity contribution in [3.63, 3.8) is 0 Å². The Balaban J connectivity index is 2.42. The Morgan fingerprint density at radius 1 is 1.62 bits per heavy atom. The van der Waals surface area contributed by atoms with E-state index in [9.17, 15) is 9.18 Å². The third-order valence-corrected chi connectivity index (χ3v) is 2.58. The standard InChI is InChI=1S/C11H11FO4/c1-15-8-5-3-7(12)6-2-4-9(11(13)14)16-10(6)8/h3,5,9H,2,4H2,1H3,(H,13,14). The summed E-state index contributed by atoms with van der Waals surface area (Å²) in [7, 11) is 1.43. The molecule has 0 aliphatic carbocycles. The van der Waals surface area contributed by atoms with Gasteiger partial charge in [0.25, 0.3) is 0 Å². The Kier molecular flexibility index (Phi) is 2.68. The van der Waals surface area contributed by atoms with Gasteiger partial charge in [0.2, 0.25) is 0 Å². The van der Waals surface area contributed by atoms with Crippen LogP contribution in [0.3, 0.4) is 0 Å². The fraction of sp³-hybridized carbons (Fsp3) is 0.364. The lowest BCUT2D eigenvalue weighted by molar-refractivity contribution is -0.145. The van der Waals surface area contributed by atoms with Crippen molar-refractivity contribution in [2.24, 2.45) is 0 Å². The van der Waals surface area contributed by atoms with Crippen LogP contribution < -0.4 is 9.47 Å². The van der Waals surface area contributed by atoms with Crippen molar-refractivity contribution in [1.82, 2.24) is 0 Å². The molecule has 1 N–H and O–H groups in total. The molecule has 1 heterocycles. The summed E-state index contributed by atoms with van der Waals surface area (Å²) in [6.45, 7) is 0. The molecule has 86 valence electrons. The molecule has 0 fully saturated rings. The smallest absolute Gasteiger partial charge is 0.344 e. The molecule has 1 aliphatic rings. The summed E-state index contributed by atoms with van der Waals surface area (Å²) >= 11 is 0. The molecule has 1 aliphatic heterocycles. The molecule has 0 saturated heterocycles. The molecule has 1 aromatic carbocycles. The molecule has 0 amide bonds. The predicted octanol–water partition coefficient (Wildman–Crippen LogP) is 1.61. The highest BCUT2D eigenvalue weighted by atomic mass is 19.1. The highest BCUT2D eigenvalue weighted by molar-refractivity contribution is 5.73. The van der Waals surface area contributed by atoms with E-state index in [0.29, 0.717) is 17.7 Å². The molecule has 0 bridgehead atoms. The average molecular weight is 226 g/mol. The van der Waals surface area contributed by atoms with Crippen LogP contribution in [-0.2, 0) is 11.2 Å². The minimum Gasteiger partial charge on any atom is -0.493 e. The van der Waals surface area contributed by atoms with Gasteiger partial charge in [0.05, 0.1) is 7.11 Å². The van der Waals surface area contributed by atoms with Gasteiger partial charge in [-0.25, -0.2) is 9.18 Å². The van der Waals surface area contributed by atoms with Gasteiger partial charge in [0, 0.05) is 5.56 Å². The molecule has 1 unspecified atom stereocenters. The van der Waals surface area contributed by atoms with E-state index in [1.165, 1.54) is 19.2 Å². The average Bonchev–Trinajstić information content (AvgIpc) is 2.29. The minimum atomic E-state index is -1.04. The van der Waals surface area contributed by atoms with E-state index in [1.807, 2.05) is 0 Å². The molecular formula is C11H11FO4. The van der Waals surface area contributed by atoms with E-state index in [1.54, 1.807) is 0 Å². The Bertz CT molecular complexity index is 430. The number of hydrogen-bond acceptors (Lipinski definition) is 3.